The van der Waals surface area contributed by atoms with Gasteiger partial charge in [-0.2, -0.15) is 0 Å². The molecule has 21 heavy (non-hydrogen) atoms. The van der Waals surface area contributed by atoms with Gasteiger partial charge in [-0.15, -0.1) is 0 Å². The van der Waals surface area contributed by atoms with Gasteiger partial charge < -0.3 is 5.32 Å². The van der Waals surface area contributed by atoms with Crippen LogP contribution >= 0.6 is 0 Å². The Labute approximate surface area is 128 Å². The fourth-order valence-electron chi connectivity index (χ4n) is 2.33. The maximum absolute atomic E-state index is 12.6. The zero-order valence-corrected chi connectivity index (χ0v) is 14.0. The van der Waals surface area contributed by atoms with E-state index < -0.39 is 10.0 Å². The highest BCUT2D eigenvalue weighted by molar-refractivity contribution is 7.89. The number of benzene rings is 1. The lowest BCUT2D eigenvalue weighted by Crippen LogP contribution is -2.34. The molecule has 1 saturated carbocycles. The highest BCUT2D eigenvalue weighted by Gasteiger charge is 2.22. The second-order valence-electron chi connectivity index (χ2n) is 5.89. The fourth-order valence-corrected chi connectivity index (χ4v) is 4.03. The molecule has 2 N–H and O–H groups in total. The molecule has 1 aliphatic rings. The third kappa shape index (κ3) is 4.53. The average Bonchev–Trinajstić information content (AvgIpc) is 3.28. The summed E-state index contributed by atoms with van der Waals surface area (Å²) >= 11 is 0. The van der Waals surface area contributed by atoms with Crippen LogP contribution in [0.5, 0.6) is 0 Å². The Balaban J connectivity index is 2.17. The van der Waals surface area contributed by atoms with Gasteiger partial charge in [-0.25, -0.2) is 13.1 Å². The van der Waals surface area contributed by atoms with Gasteiger partial charge in [-0.3, -0.25) is 0 Å². The summed E-state index contributed by atoms with van der Waals surface area (Å²) < 4.78 is 27.9. The molecule has 0 atom stereocenters. The lowest BCUT2D eigenvalue weighted by Gasteiger charge is -2.17. The van der Waals surface area contributed by atoms with Crippen molar-refractivity contribution in [2.24, 2.45) is 0 Å². The van der Waals surface area contributed by atoms with Crippen LogP contribution in [0.4, 0.5) is 0 Å². The molecule has 0 amide bonds. The second-order valence-corrected chi connectivity index (χ2v) is 7.57. The van der Waals surface area contributed by atoms with E-state index in [9.17, 15) is 8.42 Å². The van der Waals surface area contributed by atoms with E-state index in [-0.39, 0.29) is 6.04 Å². The number of nitrogens with one attached hydrogen (secondary N) is 2. The van der Waals surface area contributed by atoms with Gasteiger partial charge in [0.2, 0.25) is 10.0 Å². The number of rotatable bonds is 8. The first kappa shape index (κ1) is 16.5. The molecule has 1 aromatic carbocycles. The molecule has 0 bridgehead atoms. The Morgan fingerprint density at radius 3 is 2.48 bits per heavy atom. The molecule has 2 rings (SSSR count). The summed E-state index contributed by atoms with van der Waals surface area (Å²) in [7, 11) is -3.44. The predicted octanol–water partition coefficient (Wildman–Crippen LogP) is 2.71. The van der Waals surface area contributed by atoms with Crippen molar-refractivity contribution in [1.29, 1.82) is 0 Å². The fraction of sp³-hybridized carbons (Fsp3) is 0.625. The van der Waals surface area contributed by atoms with Crippen molar-refractivity contribution in [1.82, 2.24) is 10.0 Å². The zero-order valence-electron chi connectivity index (χ0n) is 13.1. The van der Waals surface area contributed by atoms with Crippen molar-refractivity contribution in [3.05, 3.63) is 29.3 Å². The molecule has 4 nitrogen and oxygen atoms in total. The molecule has 0 heterocycles. The number of hydrogen-bond acceptors (Lipinski definition) is 3. The van der Waals surface area contributed by atoms with Crippen LogP contribution in [0.1, 0.15) is 50.7 Å². The normalized spacial score (nSPS) is 15.6. The lowest BCUT2D eigenvalue weighted by atomic mass is 10.1. The smallest absolute Gasteiger partial charge is 0.241 e. The Kier molecular flexibility index (Phi) is 5.41. The van der Waals surface area contributed by atoms with Crippen LogP contribution in [0.2, 0.25) is 0 Å². The Morgan fingerprint density at radius 2 is 1.90 bits per heavy atom. The van der Waals surface area contributed by atoms with E-state index in [1.807, 2.05) is 32.9 Å². The minimum Gasteiger partial charge on any atom is -0.310 e. The summed E-state index contributed by atoms with van der Waals surface area (Å²) in [6.07, 6.45) is 4.07. The number of aryl methyl sites for hydroxylation is 1. The van der Waals surface area contributed by atoms with Gasteiger partial charge in [0.1, 0.15) is 0 Å². The highest BCUT2D eigenvalue weighted by atomic mass is 32.2. The molecule has 5 heteroatoms. The number of sulfonamides is 1. The SMILES string of the molecule is CCC(CC)NS(=O)(=O)c1cc(CNC2CC2)ccc1C. The maximum Gasteiger partial charge on any atom is 0.241 e. The Hall–Kier alpha value is -0.910. The molecule has 0 radical (unpaired) electrons. The monoisotopic (exact) mass is 310 g/mol. The average molecular weight is 310 g/mol. The maximum atomic E-state index is 12.6. The summed E-state index contributed by atoms with van der Waals surface area (Å²) in [5.41, 5.74) is 1.82. The van der Waals surface area contributed by atoms with Gasteiger partial charge >= 0.3 is 0 Å². The summed E-state index contributed by atoms with van der Waals surface area (Å²) in [6, 6.07) is 6.32. The third-order valence-electron chi connectivity index (χ3n) is 4.02. The molecule has 0 aliphatic heterocycles. The van der Waals surface area contributed by atoms with Crippen molar-refractivity contribution >= 4 is 10.0 Å². The van der Waals surface area contributed by atoms with Crippen LogP contribution in [-0.4, -0.2) is 20.5 Å². The molecule has 0 aromatic heterocycles. The van der Waals surface area contributed by atoms with Crippen LogP contribution in [0.25, 0.3) is 0 Å². The van der Waals surface area contributed by atoms with Gasteiger partial charge in [-0.1, -0.05) is 26.0 Å². The van der Waals surface area contributed by atoms with Crippen molar-refractivity contribution in [2.75, 3.05) is 0 Å². The quantitative estimate of drug-likeness (QED) is 0.776. The second kappa shape index (κ2) is 6.90. The van der Waals surface area contributed by atoms with Crippen molar-refractivity contribution in [2.45, 2.75) is 70.0 Å². The van der Waals surface area contributed by atoms with Crippen molar-refractivity contribution in [3.8, 4) is 0 Å². The van der Waals surface area contributed by atoms with Crippen molar-refractivity contribution < 1.29 is 8.42 Å². The molecule has 0 spiro atoms. The van der Waals surface area contributed by atoms with Crippen LogP contribution in [0.3, 0.4) is 0 Å². The summed E-state index contributed by atoms with van der Waals surface area (Å²) in [6.45, 7) is 6.58. The van der Waals surface area contributed by atoms with Crippen LogP contribution in [0, 0.1) is 6.92 Å². The first-order valence-corrected chi connectivity index (χ1v) is 9.29. The van der Waals surface area contributed by atoms with E-state index in [1.54, 1.807) is 6.07 Å². The third-order valence-corrected chi connectivity index (χ3v) is 5.68. The van der Waals surface area contributed by atoms with E-state index in [0.29, 0.717) is 10.9 Å². The number of hydrogen-bond donors (Lipinski definition) is 2. The highest BCUT2D eigenvalue weighted by Crippen LogP contribution is 2.21. The Bertz CT molecular complexity index is 576. The van der Waals surface area contributed by atoms with E-state index in [4.69, 9.17) is 0 Å². The van der Waals surface area contributed by atoms with Gasteiger partial charge in [0.25, 0.3) is 0 Å². The van der Waals surface area contributed by atoms with Gasteiger partial charge in [0.05, 0.1) is 4.90 Å². The zero-order chi connectivity index (χ0) is 15.5. The van der Waals surface area contributed by atoms with Crippen LogP contribution in [-0.2, 0) is 16.6 Å². The molecule has 0 unspecified atom stereocenters. The minimum absolute atomic E-state index is 0.00245. The molecular formula is C16H26N2O2S. The molecule has 1 aromatic rings. The summed E-state index contributed by atoms with van der Waals surface area (Å²) in [4.78, 5) is 0.407. The van der Waals surface area contributed by atoms with Crippen molar-refractivity contribution in [3.63, 3.8) is 0 Å². The lowest BCUT2D eigenvalue weighted by molar-refractivity contribution is 0.529. The topological polar surface area (TPSA) is 58.2 Å². The predicted molar refractivity (Wildman–Crippen MR) is 85.7 cm³/mol. The molecular weight excluding hydrogens is 284 g/mol. The van der Waals surface area contributed by atoms with E-state index >= 15 is 0 Å². The molecule has 0 saturated heterocycles. The van der Waals surface area contributed by atoms with Gasteiger partial charge in [0, 0.05) is 18.6 Å². The van der Waals surface area contributed by atoms with Crippen LogP contribution < -0.4 is 10.0 Å². The van der Waals surface area contributed by atoms with Gasteiger partial charge in [0.15, 0.2) is 0 Å². The standard InChI is InChI=1S/C16H26N2O2S/c1-4-14(5-2)18-21(19,20)16-10-13(7-6-12(16)3)11-17-15-8-9-15/h6-7,10,14-15,17-18H,4-5,8-9,11H2,1-3H3. The summed E-state index contributed by atoms with van der Waals surface area (Å²) in [5.74, 6) is 0. The summed E-state index contributed by atoms with van der Waals surface area (Å²) in [5, 5.41) is 3.42. The first-order valence-electron chi connectivity index (χ1n) is 7.81. The molecule has 1 fully saturated rings. The van der Waals surface area contributed by atoms with E-state index in [2.05, 4.69) is 10.0 Å². The minimum atomic E-state index is -3.44. The molecule has 1 aliphatic carbocycles. The molecule has 118 valence electrons. The largest absolute Gasteiger partial charge is 0.310 e. The van der Waals surface area contributed by atoms with Crippen LogP contribution in [0.15, 0.2) is 23.1 Å². The van der Waals surface area contributed by atoms with Gasteiger partial charge in [-0.05, 0) is 49.8 Å². The van der Waals surface area contributed by atoms with E-state index in [0.717, 1.165) is 30.5 Å². The Morgan fingerprint density at radius 1 is 1.24 bits per heavy atom. The first-order chi connectivity index (χ1) is 9.96. The van der Waals surface area contributed by atoms with E-state index in [1.165, 1.54) is 12.8 Å².